The van der Waals surface area contributed by atoms with Crippen LogP contribution in [0.5, 0.6) is 5.88 Å². The van der Waals surface area contributed by atoms with Crippen LogP contribution in [0.25, 0.3) is 0 Å². The molecule has 0 unspecified atom stereocenters. The predicted molar refractivity (Wildman–Crippen MR) is 35.5 cm³/mol. The highest BCUT2D eigenvalue weighted by Gasteiger charge is 2.35. The van der Waals surface area contributed by atoms with E-state index in [1.165, 1.54) is 0 Å². The minimum Gasteiger partial charge on any atom is -0.367 e. The Morgan fingerprint density at radius 3 is 2.69 bits per heavy atom. The van der Waals surface area contributed by atoms with Crippen LogP contribution in [0.15, 0.2) is 18.3 Å². The van der Waals surface area contributed by atoms with E-state index in [-0.39, 0.29) is 0 Å². The lowest BCUT2D eigenvalue weighted by Crippen LogP contribution is -2.07. The molecule has 0 aromatic carbocycles. The van der Waals surface area contributed by atoms with Gasteiger partial charge in [0.05, 0.1) is 0 Å². The zero-order chi connectivity index (χ0) is 9.90. The summed E-state index contributed by atoms with van der Waals surface area (Å²) < 4.78 is 40.5. The summed E-state index contributed by atoms with van der Waals surface area (Å²) >= 11 is 0. The third-order valence-corrected chi connectivity index (χ3v) is 1.22. The molecule has 0 amide bonds. The lowest BCUT2D eigenvalue weighted by atomic mass is 10.2. The van der Waals surface area contributed by atoms with Gasteiger partial charge in [-0.15, -0.1) is 5.26 Å². The molecule has 13 heavy (non-hydrogen) atoms. The van der Waals surface area contributed by atoms with E-state index in [2.05, 4.69) is 9.72 Å². The number of rotatable bonds is 1. The maximum absolute atomic E-state index is 12.1. The predicted octanol–water partition coefficient (Wildman–Crippen LogP) is 1.96. The van der Waals surface area contributed by atoms with E-state index in [0.717, 1.165) is 24.6 Å². The SMILES string of the molecule is N#COc1ncccc1C(F)(F)F. The summed E-state index contributed by atoms with van der Waals surface area (Å²) in [5.74, 6) is -0.725. The molecular weight excluding hydrogens is 185 g/mol. The third-order valence-electron chi connectivity index (χ3n) is 1.22. The Kier molecular flexibility index (Phi) is 2.37. The normalized spacial score (nSPS) is 10.6. The number of aromatic nitrogens is 1. The Morgan fingerprint density at radius 1 is 1.46 bits per heavy atom. The van der Waals surface area contributed by atoms with Gasteiger partial charge in [-0.25, -0.2) is 4.98 Å². The van der Waals surface area contributed by atoms with Gasteiger partial charge < -0.3 is 4.74 Å². The Hall–Kier alpha value is -1.77. The molecule has 0 atom stereocenters. The van der Waals surface area contributed by atoms with Crippen LogP contribution in [0, 0.1) is 11.5 Å². The quantitative estimate of drug-likeness (QED) is 0.633. The summed E-state index contributed by atoms with van der Waals surface area (Å²) in [6, 6.07) is 1.91. The van der Waals surface area contributed by atoms with Gasteiger partial charge in [-0.1, -0.05) is 0 Å². The molecule has 0 saturated heterocycles. The van der Waals surface area contributed by atoms with Gasteiger partial charge in [0.15, 0.2) is 0 Å². The molecule has 0 spiro atoms. The number of nitriles is 1. The van der Waals surface area contributed by atoms with E-state index in [1.54, 1.807) is 0 Å². The summed E-state index contributed by atoms with van der Waals surface area (Å²) in [7, 11) is 0. The molecule has 0 aliphatic rings. The first-order valence-corrected chi connectivity index (χ1v) is 3.14. The van der Waals surface area contributed by atoms with Crippen molar-refractivity contribution in [3.63, 3.8) is 0 Å². The Bertz CT molecular complexity index is 342. The number of alkyl halides is 3. The highest BCUT2D eigenvalue weighted by atomic mass is 19.4. The van der Waals surface area contributed by atoms with Crippen molar-refractivity contribution in [1.82, 2.24) is 4.98 Å². The highest BCUT2D eigenvalue weighted by Crippen LogP contribution is 2.34. The van der Waals surface area contributed by atoms with Crippen LogP contribution in [0.2, 0.25) is 0 Å². The highest BCUT2D eigenvalue weighted by molar-refractivity contribution is 5.28. The molecule has 0 radical (unpaired) electrons. The first-order valence-electron chi connectivity index (χ1n) is 3.14. The molecule has 0 fully saturated rings. The van der Waals surface area contributed by atoms with Gasteiger partial charge in [0.25, 0.3) is 6.26 Å². The first-order chi connectivity index (χ1) is 6.05. The van der Waals surface area contributed by atoms with Gasteiger partial charge in [0.1, 0.15) is 5.56 Å². The molecule has 1 heterocycles. The number of pyridine rings is 1. The van der Waals surface area contributed by atoms with E-state index < -0.39 is 17.6 Å². The van der Waals surface area contributed by atoms with E-state index in [1.807, 2.05) is 0 Å². The molecule has 0 aliphatic heterocycles. The van der Waals surface area contributed by atoms with E-state index in [9.17, 15) is 13.2 Å². The summed E-state index contributed by atoms with van der Waals surface area (Å²) in [5.41, 5.74) is -1.06. The maximum Gasteiger partial charge on any atom is 0.421 e. The molecule has 1 aromatic heterocycles. The molecule has 0 bridgehead atoms. The van der Waals surface area contributed by atoms with Crippen LogP contribution in [-0.4, -0.2) is 4.98 Å². The maximum atomic E-state index is 12.1. The number of ether oxygens (including phenoxy) is 1. The second-order valence-electron chi connectivity index (χ2n) is 2.05. The van der Waals surface area contributed by atoms with Crippen molar-refractivity contribution < 1.29 is 17.9 Å². The first kappa shape index (κ1) is 9.32. The van der Waals surface area contributed by atoms with E-state index in [0.29, 0.717) is 0 Å². The number of halogens is 3. The van der Waals surface area contributed by atoms with Crippen molar-refractivity contribution in [2.24, 2.45) is 0 Å². The minimum absolute atomic E-state index is 0.725. The lowest BCUT2D eigenvalue weighted by molar-refractivity contribution is -0.138. The summed E-state index contributed by atoms with van der Waals surface area (Å²) in [6.07, 6.45) is -2.31. The Labute approximate surface area is 71.4 Å². The van der Waals surface area contributed by atoms with Gasteiger partial charge in [0, 0.05) is 6.20 Å². The third kappa shape index (κ3) is 2.08. The van der Waals surface area contributed by atoms with Crippen LogP contribution in [0.3, 0.4) is 0 Å². The monoisotopic (exact) mass is 188 g/mol. The standard InChI is InChI=1S/C7H3F3N2O/c8-7(9,10)5-2-1-3-12-6(5)13-4-11/h1-3H. The number of hydrogen-bond acceptors (Lipinski definition) is 3. The fourth-order valence-electron chi connectivity index (χ4n) is 0.731. The molecule has 0 saturated carbocycles. The fraction of sp³-hybridized carbons (Fsp3) is 0.143. The zero-order valence-corrected chi connectivity index (χ0v) is 6.17. The van der Waals surface area contributed by atoms with Crippen LogP contribution >= 0.6 is 0 Å². The van der Waals surface area contributed by atoms with Gasteiger partial charge in [-0.05, 0) is 12.1 Å². The van der Waals surface area contributed by atoms with Crippen molar-refractivity contribution in [2.75, 3.05) is 0 Å². The average molecular weight is 188 g/mol. The van der Waals surface area contributed by atoms with Crippen molar-refractivity contribution in [2.45, 2.75) is 6.18 Å². The molecule has 0 aliphatic carbocycles. The van der Waals surface area contributed by atoms with Crippen molar-refractivity contribution in [3.05, 3.63) is 23.9 Å². The molecule has 1 aromatic rings. The van der Waals surface area contributed by atoms with Crippen molar-refractivity contribution in [3.8, 4) is 12.1 Å². The fourth-order valence-corrected chi connectivity index (χ4v) is 0.731. The minimum atomic E-state index is -4.56. The second-order valence-corrected chi connectivity index (χ2v) is 2.05. The van der Waals surface area contributed by atoms with Gasteiger partial charge in [0.2, 0.25) is 5.88 Å². The van der Waals surface area contributed by atoms with Crippen LogP contribution in [-0.2, 0) is 6.18 Å². The van der Waals surface area contributed by atoms with Crippen molar-refractivity contribution in [1.29, 1.82) is 5.26 Å². The Morgan fingerprint density at radius 2 is 2.15 bits per heavy atom. The van der Waals surface area contributed by atoms with Crippen LogP contribution in [0.4, 0.5) is 13.2 Å². The summed E-state index contributed by atoms with van der Waals surface area (Å²) in [5, 5.41) is 8.03. The topological polar surface area (TPSA) is 45.9 Å². The summed E-state index contributed by atoms with van der Waals surface area (Å²) in [4.78, 5) is 3.27. The molecule has 68 valence electrons. The van der Waals surface area contributed by atoms with Crippen LogP contribution < -0.4 is 4.74 Å². The van der Waals surface area contributed by atoms with E-state index >= 15 is 0 Å². The van der Waals surface area contributed by atoms with Gasteiger partial charge >= 0.3 is 6.18 Å². The zero-order valence-electron chi connectivity index (χ0n) is 6.17. The van der Waals surface area contributed by atoms with Crippen molar-refractivity contribution >= 4 is 0 Å². The van der Waals surface area contributed by atoms with E-state index in [4.69, 9.17) is 5.26 Å². The smallest absolute Gasteiger partial charge is 0.367 e. The Balaban J connectivity index is 3.14. The molecule has 0 N–H and O–H groups in total. The molecular formula is C7H3F3N2O. The number of nitrogens with zero attached hydrogens (tertiary/aromatic N) is 2. The second kappa shape index (κ2) is 3.31. The molecule has 1 rings (SSSR count). The van der Waals surface area contributed by atoms with Gasteiger partial charge in [-0.3, -0.25) is 0 Å². The number of hydrogen-bond donors (Lipinski definition) is 0. The molecule has 3 nitrogen and oxygen atoms in total. The van der Waals surface area contributed by atoms with Crippen LogP contribution in [0.1, 0.15) is 5.56 Å². The van der Waals surface area contributed by atoms with Gasteiger partial charge in [-0.2, -0.15) is 13.2 Å². The molecule has 6 heteroatoms. The largest absolute Gasteiger partial charge is 0.421 e. The average Bonchev–Trinajstić information content (AvgIpc) is 2.04. The summed E-state index contributed by atoms with van der Waals surface area (Å²) in [6.45, 7) is 0. The lowest BCUT2D eigenvalue weighted by Gasteiger charge is -2.07.